The van der Waals surface area contributed by atoms with Crippen LogP contribution in [0.5, 0.6) is 0 Å². The molecule has 0 radical (unpaired) electrons. The molecule has 2 aromatic rings. The average molecular weight is 306 g/mol. The van der Waals surface area contributed by atoms with Crippen LogP contribution in [0.1, 0.15) is 23.9 Å². The van der Waals surface area contributed by atoms with Gasteiger partial charge in [-0.2, -0.15) is 0 Å². The molecular weight excluding hydrogens is 287 g/mol. The van der Waals surface area contributed by atoms with E-state index >= 15 is 0 Å². The second kappa shape index (κ2) is 7.56. The third-order valence-electron chi connectivity index (χ3n) is 3.23. The fourth-order valence-electron chi connectivity index (χ4n) is 2.11. The molecule has 1 atom stereocenters. The fourth-order valence-corrected chi connectivity index (χ4v) is 2.11. The highest BCUT2D eigenvalue weighted by Gasteiger charge is 2.23. The normalized spacial score (nSPS) is 12.0. The average Bonchev–Trinajstić information content (AvgIpc) is 2.92. The first-order valence-electron chi connectivity index (χ1n) is 7.00. The van der Waals surface area contributed by atoms with Crippen LogP contribution >= 0.6 is 0 Å². The van der Waals surface area contributed by atoms with Crippen LogP contribution in [0.15, 0.2) is 36.7 Å². The summed E-state index contributed by atoms with van der Waals surface area (Å²) < 4.78 is 15.8. The van der Waals surface area contributed by atoms with Crippen LogP contribution in [0.4, 0.5) is 9.18 Å². The number of urea groups is 1. The number of halogens is 1. The Labute approximate surface area is 128 Å². The minimum atomic E-state index is -0.699. The number of rotatable bonds is 6. The number of imidazole rings is 1. The Hall–Kier alpha value is -2.41. The molecule has 0 saturated carbocycles. The molecule has 0 unspecified atom stereocenters. The minimum absolute atomic E-state index is 0.00358. The van der Waals surface area contributed by atoms with Gasteiger partial charge in [-0.25, -0.2) is 14.2 Å². The second-order valence-electron chi connectivity index (χ2n) is 4.83. The smallest absolute Gasteiger partial charge is 0.315 e. The van der Waals surface area contributed by atoms with E-state index in [-0.39, 0.29) is 6.61 Å². The topological polar surface area (TPSA) is 79.2 Å². The molecule has 1 aromatic carbocycles. The zero-order valence-corrected chi connectivity index (χ0v) is 12.3. The molecule has 0 aliphatic carbocycles. The number of nitrogens with zero attached hydrogens (tertiary/aromatic N) is 2. The molecule has 6 nitrogen and oxygen atoms in total. The molecule has 0 aliphatic rings. The van der Waals surface area contributed by atoms with Crippen molar-refractivity contribution in [3.05, 3.63) is 53.9 Å². The predicted molar refractivity (Wildman–Crippen MR) is 79.7 cm³/mol. The zero-order valence-electron chi connectivity index (χ0n) is 12.3. The molecule has 0 saturated heterocycles. The van der Waals surface area contributed by atoms with Crippen LogP contribution in [0.25, 0.3) is 0 Å². The van der Waals surface area contributed by atoms with E-state index < -0.39 is 17.9 Å². The Morgan fingerprint density at radius 1 is 1.45 bits per heavy atom. The van der Waals surface area contributed by atoms with E-state index in [9.17, 15) is 9.18 Å². The molecule has 0 spiro atoms. The van der Waals surface area contributed by atoms with Gasteiger partial charge in [0.15, 0.2) is 0 Å². The standard InChI is InChI=1S/C15H19FN4O2/c1-20-9-8-17-14(20)13(11-5-2-3-6-12(11)16)19-15(22)18-7-4-10-21/h2-3,5-6,8-9,13,21H,4,7,10H2,1H3,(H2,18,19,22)/t13-/m0/s1. The van der Waals surface area contributed by atoms with Gasteiger partial charge in [-0.15, -0.1) is 0 Å². The van der Waals surface area contributed by atoms with E-state index in [0.717, 1.165) is 0 Å². The summed E-state index contributed by atoms with van der Waals surface area (Å²) in [6.45, 7) is 0.337. The molecule has 0 bridgehead atoms. The monoisotopic (exact) mass is 306 g/mol. The van der Waals surface area contributed by atoms with Crippen LogP contribution < -0.4 is 10.6 Å². The molecule has 1 heterocycles. The highest BCUT2D eigenvalue weighted by Crippen LogP contribution is 2.22. The molecular formula is C15H19FN4O2. The van der Waals surface area contributed by atoms with Gasteiger partial charge in [0.1, 0.15) is 17.7 Å². The number of nitrogens with one attached hydrogen (secondary N) is 2. The number of aliphatic hydroxyl groups excluding tert-OH is 1. The molecule has 2 amide bonds. The number of hydrogen-bond donors (Lipinski definition) is 3. The minimum Gasteiger partial charge on any atom is -0.396 e. The SMILES string of the molecule is Cn1ccnc1[C@@H](NC(=O)NCCCO)c1ccccc1F. The first-order chi connectivity index (χ1) is 10.6. The van der Waals surface area contributed by atoms with Gasteiger partial charge in [0.2, 0.25) is 0 Å². The summed E-state index contributed by atoms with van der Waals surface area (Å²) >= 11 is 0. The number of benzene rings is 1. The van der Waals surface area contributed by atoms with E-state index in [1.54, 1.807) is 42.2 Å². The zero-order chi connectivity index (χ0) is 15.9. The number of hydrogen-bond acceptors (Lipinski definition) is 3. The Morgan fingerprint density at radius 3 is 2.86 bits per heavy atom. The van der Waals surface area contributed by atoms with E-state index in [1.807, 2.05) is 0 Å². The van der Waals surface area contributed by atoms with Crippen LogP contribution in [0.2, 0.25) is 0 Å². The molecule has 3 N–H and O–H groups in total. The Bertz CT molecular complexity index is 630. The lowest BCUT2D eigenvalue weighted by atomic mass is 10.1. The van der Waals surface area contributed by atoms with Crippen molar-refractivity contribution in [1.29, 1.82) is 0 Å². The summed E-state index contributed by atoms with van der Waals surface area (Å²) in [7, 11) is 1.78. The van der Waals surface area contributed by atoms with Crippen molar-refractivity contribution in [2.45, 2.75) is 12.5 Å². The lowest BCUT2D eigenvalue weighted by Gasteiger charge is -2.20. The molecule has 1 aromatic heterocycles. The van der Waals surface area contributed by atoms with Crippen LogP contribution in [0, 0.1) is 5.82 Å². The lowest BCUT2D eigenvalue weighted by Crippen LogP contribution is -2.40. The summed E-state index contributed by atoms with van der Waals surface area (Å²) in [4.78, 5) is 16.2. The summed E-state index contributed by atoms with van der Waals surface area (Å²) in [5, 5.41) is 14.1. The maximum absolute atomic E-state index is 14.1. The molecule has 22 heavy (non-hydrogen) atoms. The van der Waals surface area contributed by atoms with Crippen molar-refractivity contribution >= 4 is 6.03 Å². The van der Waals surface area contributed by atoms with Crippen molar-refractivity contribution in [2.75, 3.05) is 13.2 Å². The van der Waals surface area contributed by atoms with Crippen molar-refractivity contribution in [3.8, 4) is 0 Å². The van der Waals surface area contributed by atoms with Gasteiger partial charge in [0.05, 0.1) is 0 Å². The third kappa shape index (κ3) is 3.82. The highest BCUT2D eigenvalue weighted by molar-refractivity contribution is 5.74. The maximum atomic E-state index is 14.1. The van der Waals surface area contributed by atoms with E-state index in [1.165, 1.54) is 6.07 Å². The van der Waals surface area contributed by atoms with Crippen molar-refractivity contribution in [1.82, 2.24) is 20.2 Å². The van der Waals surface area contributed by atoms with Gasteiger partial charge < -0.3 is 20.3 Å². The largest absolute Gasteiger partial charge is 0.396 e. The van der Waals surface area contributed by atoms with E-state index in [4.69, 9.17) is 5.11 Å². The Morgan fingerprint density at radius 2 is 2.23 bits per heavy atom. The first-order valence-corrected chi connectivity index (χ1v) is 7.00. The van der Waals surface area contributed by atoms with Crippen molar-refractivity contribution in [2.24, 2.45) is 7.05 Å². The summed E-state index contributed by atoms with van der Waals surface area (Å²) in [6.07, 6.45) is 3.78. The van der Waals surface area contributed by atoms with Gasteiger partial charge in [-0.05, 0) is 12.5 Å². The molecule has 0 aliphatic heterocycles. The Kier molecular flexibility index (Phi) is 5.48. The van der Waals surface area contributed by atoms with Crippen LogP contribution in [-0.2, 0) is 7.05 Å². The van der Waals surface area contributed by atoms with Crippen molar-refractivity contribution in [3.63, 3.8) is 0 Å². The number of carbonyl (C=O) groups is 1. The van der Waals surface area contributed by atoms with E-state index in [0.29, 0.717) is 24.4 Å². The van der Waals surface area contributed by atoms with Crippen LogP contribution in [0.3, 0.4) is 0 Å². The van der Waals surface area contributed by atoms with Gasteiger partial charge in [-0.3, -0.25) is 0 Å². The van der Waals surface area contributed by atoms with Gasteiger partial charge >= 0.3 is 6.03 Å². The molecule has 7 heteroatoms. The fraction of sp³-hybridized carbons (Fsp3) is 0.333. The first kappa shape index (κ1) is 16.0. The Balaban J connectivity index is 2.22. The highest BCUT2D eigenvalue weighted by atomic mass is 19.1. The number of aromatic nitrogens is 2. The predicted octanol–water partition coefficient (Wildman–Crippen LogP) is 1.33. The summed E-state index contributed by atoms with van der Waals surface area (Å²) in [5.74, 6) is 0.119. The molecule has 2 rings (SSSR count). The lowest BCUT2D eigenvalue weighted by molar-refractivity contribution is 0.235. The summed E-state index contributed by atoms with van der Waals surface area (Å²) in [6, 6.07) is 5.12. The van der Waals surface area contributed by atoms with Gasteiger partial charge in [0.25, 0.3) is 0 Å². The molecule has 118 valence electrons. The summed E-state index contributed by atoms with van der Waals surface area (Å²) in [5.41, 5.74) is 0.342. The number of amides is 2. The van der Waals surface area contributed by atoms with Crippen molar-refractivity contribution < 1.29 is 14.3 Å². The maximum Gasteiger partial charge on any atom is 0.315 e. The second-order valence-corrected chi connectivity index (χ2v) is 4.83. The van der Waals surface area contributed by atoms with Gasteiger partial charge in [0, 0.05) is 38.2 Å². The number of carbonyl (C=O) groups excluding carboxylic acids is 1. The number of aliphatic hydroxyl groups is 1. The molecule has 0 fully saturated rings. The quantitative estimate of drug-likeness (QED) is 0.705. The van der Waals surface area contributed by atoms with Crippen LogP contribution in [-0.4, -0.2) is 33.8 Å². The number of aryl methyl sites for hydroxylation is 1. The van der Waals surface area contributed by atoms with Gasteiger partial charge in [-0.1, -0.05) is 18.2 Å². The van der Waals surface area contributed by atoms with E-state index in [2.05, 4.69) is 15.6 Å². The third-order valence-corrected chi connectivity index (χ3v) is 3.23.